The zero-order valence-corrected chi connectivity index (χ0v) is 18.3. The second-order valence-corrected chi connectivity index (χ2v) is 8.39. The summed E-state index contributed by atoms with van der Waals surface area (Å²) in [7, 11) is 4.08. The minimum absolute atomic E-state index is 0.0521. The lowest BCUT2D eigenvalue weighted by atomic mass is 9.99. The van der Waals surface area contributed by atoms with E-state index in [1.807, 2.05) is 37.3 Å². The Morgan fingerprint density at radius 1 is 1.23 bits per heavy atom. The maximum absolute atomic E-state index is 13.4. The molecule has 2 atom stereocenters. The molecule has 0 unspecified atom stereocenters. The molecule has 2 saturated heterocycles. The summed E-state index contributed by atoms with van der Waals surface area (Å²) in [6.45, 7) is 8.18. The Balaban J connectivity index is 1.58. The second-order valence-electron chi connectivity index (χ2n) is 8.39. The van der Waals surface area contributed by atoms with Crippen molar-refractivity contribution in [2.75, 3.05) is 52.9 Å². The van der Waals surface area contributed by atoms with E-state index in [9.17, 15) is 4.79 Å². The number of aryl methyl sites for hydroxylation is 2. The maximum atomic E-state index is 13.4. The highest BCUT2D eigenvalue weighted by atomic mass is 16.5. The van der Waals surface area contributed by atoms with Crippen molar-refractivity contribution in [1.82, 2.24) is 34.7 Å². The Labute approximate surface area is 178 Å². The topological polar surface area (TPSA) is 82.5 Å². The van der Waals surface area contributed by atoms with Crippen LogP contribution in [0.2, 0.25) is 0 Å². The van der Waals surface area contributed by atoms with Gasteiger partial charge in [-0.25, -0.2) is 0 Å². The molecule has 0 saturated carbocycles. The Morgan fingerprint density at radius 2 is 2.10 bits per heavy atom. The van der Waals surface area contributed by atoms with Crippen molar-refractivity contribution in [3.8, 4) is 0 Å². The van der Waals surface area contributed by atoms with Gasteiger partial charge in [-0.1, -0.05) is 6.92 Å². The predicted molar refractivity (Wildman–Crippen MR) is 113 cm³/mol. The van der Waals surface area contributed by atoms with E-state index in [4.69, 9.17) is 4.74 Å². The lowest BCUT2D eigenvalue weighted by molar-refractivity contribution is -0.0725. The molecule has 0 radical (unpaired) electrons. The highest BCUT2D eigenvalue weighted by molar-refractivity contribution is 5.92. The van der Waals surface area contributed by atoms with Gasteiger partial charge in [0, 0.05) is 50.7 Å². The number of aromatic nitrogens is 4. The molecule has 9 heteroatoms. The quantitative estimate of drug-likeness (QED) is 0.782. The molecule has 0 bridgehead atoms. The van der Waals surface area contributed by atoms with Crippen LogP contribution in [0.3, 0.4) is 0 Å². The summed E-state index contributed by atoms with van der Waals surface area (Å²) in [5.41, 5.74) is 2.45. The fourth-order valence-electron chi connectivity index (χ4n) is 4.44. The van der Waals surface area contributed by atoms with Crippen LogP contribution in [-0.2, 0) is 18.2 Å². The molecule has 30 heavy (non-hydrogen) atoms. The first-order valence-corrected chi connectivity index (χ1v) is 10.9. The van der Waals surface area contributed by atoms with Crippen molar-refractivity contribution in [2.24, 2.45) is 7.05 Å². The zero-order chi connectivity index (χ0) is 21.1. The van der Waals surface area contributed by atoms with E-state index >= 15 is 0 Å². The Morgan fingerprint density at radius 3 is 2.83 bits per heavy atom. The van der Waals surface area contributed by atoms with Crippen molar-refractivity contribution in [2.45, 2.75) is 31.9 Å². The van der Waals surface area contributed by atoms with Crippen LogP contribution in [-0.4, -0.2) is 99.6 Å². The standard InChI is InChI=1S/C21H33N7O2/c1-4-17-12-18(24-23-17)21(29)28-10-11-30-19(20(28)16-13-22-26(3)14-16)15-27-7-5-6-25(2)8-9-27/h12-14,19-20H,4-11,15H2,1-3H3,(H,23,24)/t19-,20-/m0/s1. The van der Waals surface area contributed by atoms with Crippen molar-refractivity contribution in [1.29, 1.82) is 0 Å². The van der Waals surface area contributed by atoms with Gasteiger partial charge in [0.2, 0.25) is 0 Å². The molecular weight excluding hydrogens is 382 g/mol. The number of rotatable bonds is 5. The third-order valence-corrected chi connectivity index (χ3v) is 6.16. The summed E-state index contributed by atoms with van der Waals surface area (Å²) in [5.74, 6) is -0.0521. The number of carbonyl (C=O) groups excluding carboxylic acids is 1. The number of aromatic amines is 1. The molecule has 4 rings (SSSR count). The van der Waals surface area contributed by atoms with E-state index in [2.05, 4.69) is 32.1 Å². The minimum atomic E-state index is -0.178. The summed E-state index contributed by atoms with van der Waals surface area (Å²) >= 11 is 0. The van der Waals surface area contributed by atoms with Crippen LogP contribution in [0.1, 0.15) is 41.1 Å². The van der Waals surface area contributed by atoms with E-state index in [-0.39, 0.29) is 18.1 Å². The molecule has 2 aliphatic rings. The van der Waals surface area contributed by atoms with Gasteiger partial charge in [0.05, 0.1) is 24.9 Å². The average molecular weight is 416 g/mol. The fraction of sp³-hybridized carbons (Fsp3) is 0.667. The zero-order valence-electron chi connectivity index (χ0n) is 18.3. The minimum Gasteiger partial charge on any atom is -0.373 e. The summed E-state index contributed by atoms with van der Waals surface area (Å²) in [6.07, 6.45) is 5.72. The number of H-pyrrole nitrogens is 1. The van der Waals surface area contributed by atoms with Crippen LogP contribution in [0.5, 0.6) is 0 Å². The number of nitrogens with one attached hydrogen (secondary N) is 1. The van der Waals surface area contributed by atoms with Gasteiger partial charge in [-0.2, -0.15) is 10.2 Å². The van der Waals surface area contributed by atoms with E-state index in [0.29, 0.717) is 18.8 Å². The molecule has 9 nitrogen and oxygen atoms in total. The molecule has 1 amide bonds. The van der Waals surface area contributed by atoms with Gasteiger partial charge in [-0.3, -0.25) is 19.5 Å². The molecule has 2 fully saturated rings. The van der Waals surface area contributed by atoms with Crippen molar-refractivity contribution < 1.29 is 9.53 Å². The number of nitrogens with zero attached hydrogens (tertiary/aromatic N) is 6. The van der Waals surface area contributed by atoms with Gasteiger partial charge in [-0.05, 0) is 39.0 Å². The second kappa shape index (κ2) is 9.28. The Hall–Kier alpha value is -2.23. The van der Waals surface area contributed by atoms with Crippen LogP contribution in [0.25, 0.3) is 0 Å². The van der Waals surface area contributed by atoms with Crippen LogP contribution in [0.15, 0.2) is 18.5 Å². The smallest absolute Gasteiger partial charge is 0.275 e. The molecular formula is C21H33N7O2. The van der Waals surface area contributed by atoms with Gasteiger partial charge in [0.15, 0.2) is 0 Å². The number of ether oxygens (including phenoxy) is 1. The predicted octanol–water partition coefficient (Wildman–Crippen LogP) is 0.925. The fourth-order valence-corrected chi connectivity index (χ4v) is 4.44. The number of morpholine rings is 1. The number of hydrogen-bond acceptors (Lipinski definition) is 6. The van der Waals surface area contributed by atoms with Crippen LogP contribution < -0.4 is 0 Å². The Bertz CT molecular complexity index is 848. The van der Waals surface area contributed by atoms with E-state index in [1.165, 1.54) is 0 Å². The maximum Gasteiger partial charge on any atom is 0.275 e. The van der Waals surface area contributed by atoms with Crippen molar-refractivity contribution in [3.05, 3.63) is 35.4 Å². The first kappa shape index (κ1) is 21.0. The lowest BCUT2D eigenvalue weighted by Crippen LogP contribution is -2.52. The summed E-state index contributed by atoms with van der Waals surface area (Å²) in [4.78, 5) is 20.2. The molecule has 1 N–H and O–H groups in total. The summed E-state index contributed by atoms with van der Waals surface area (Å²) < 4.78 is 8.04. The van der Waals surface area contributed by atoms with Crippen molar-refractivity contribution in [3.63, 3.8) is 0 Å². The monoisotopic (exact) mass is 415 g/mol. The lowest BCUT2D eigenvalue weighted by Gasteiger charge is -2.42. The molecule has 4 heterocycles. The third kappa shape index (κ3) is 4.58. The molecule has 2 aromatic heterocycles. The summed E-state index contributed by atoms with van der Waals surface area (Å²) in [5, 5.41) is 11.6. The highest BCUT2D eigenvalue weighted by Crippen LogP contribution is 2.31. The first-order chi connectivity index (χ1) is 14.5. The van der Waals surface area contributed by atoms with E-state index in [1.54, 1.807) is 4.68 Å². The van der Waals surface area contributed by atoms with Gasteiger partial charge >= 0.3 is 0 Å². The van der Waals surface area contributed by atoms with Gasteiger partial charge in [0.25, 0.3) is 5.91 Å². The summed E-state index contributed by atoms with van der Waals surface area (Å²) in [6, 6.07) is 1.68. The molecule has 0 aliphatic carbocycles. The van der Waals surface area contributed by atoms with Gasteiger partial charge in [-0.15, -0.1) is 0 Å². The number of hydrogen-bond donors (Lipinski definition) is 1. The molecule has 0 aromatic carbocycles. The van der Waals surface area contributed by atoms with E-state index < -0.39 is 0 Å². The molecule has 0 spiro atoms. The molecule has 2 aliphatic heterocycles. The van der Waals surface area contributed by atoms with Crippen LogP contribution in [0.4, 0.5) is 0 Å². The average Bonchev–Trinajstić information content (AvgIpc) is 3.35. The third-order valence-electron chi connectivity index (χ3n) is 6.16. The SMILES string of the molecule is CCc1cc(C(=O)N2CCO[C@@H](CN3CCCN(C)CC3)[C@@H]2c2cnn(C)c2)n[nH]1. The van der Waals surface area contributed by atoms with Crippen LogP contribution in [0, 0.1) is 0 Å². The molecule has 164 valence electrons. The van der Waals surface area contributed by atoms with Gasteiger partial charge in [0.1, 0.15) is 5.69 Å². The van der Waals surface area contributed by atoms with Crippen LogP contribution >= 0.6 is 0 Å². The Kier molecular flexibility index (Phi) is 6.50. The number of amides is 1. The number of carbonyl (C=O) groups is 1. The van der Waals surface area contributed by atoms with E-state index in [0.717, 1.165) is 56.8 Å². The normalized spacial score (nSPS) is 24.2. The van der Waals surface area contributed by atoms with Gasteiger partial charge < -0.3 is 14.5 Å². The number of likely N-dealkylation sites (N-methyl/N-ethyl adjacent to an activating group) is 1. The van der Waals surface area contributed by atoms with Crippen molar-refractivity contribution >= 4 is 5.91 Å². The molecule has 2 aromatic rings. The largest absolute Gasteiger partial charge is 0.373 e. The first-order valence-electron chi connectivity index (χ1n) is 10.9. The highest BCUT2D eigenvalue weighted by Gasteiger charge is 2.39.